The number of nitro groups is 1. The maximum Gasteiger partial charge on any atom is 0.291 e. The summed E-state index contributed by atoms with van der Waals surface area (Å²) >= 11 is 6.24. The molecule has 0 aliphatic rings. The van der Waals surface area contributed by atoms with Gasteiger partial charge in [0.25, 0.3) is 5.69 Å². The van der Waals surface area contributed by atoms with Crippen molar-refractivity contribution in [1.29, 1.82) is 0 Å². The molecular weight excluding hydrogens is 328 g/mol. The van der Waals surface area contributed by atoms with Crippen LogP contribution in [-0.2, 0) is 6.54 Å². The molecule has 0 saturated carbocycles. The Morgan fingerprint density at radius 2 is 1.92 bits per heavy atom. The zero-order valence-corrected chi connectivity index (χ0v) is 14.6. The number of rotatable bonds is 8. The van der Waals surface area contributed by atoms with E-state index in [4.69, 9.17) is 16.3 Å². The van der Waals surface area contributed by atoms with Crippen molar-refractivity contribution in [2.75, 3.05) is 18.6 Å². The highest BCUT2D eigenvalue weighted by Crippen LogP contribution is 2.41. The van der Waals surface area contributed by atoms with Crippen LogP contribution in [0.1, 0.15) is 25.3 Å². The molecule has 0 spiro atoms. The second kappa shape index (κ2) is 8.55. The van der Waals surface area contributed by atoms with Gasteiger partial charge in [0.05, 0.1) is 17.2 Å². The van der Waals surface area contributed by atoms with Gasteiger partial charge in [-0.05, 0) is 18.1 Å². The summed E-state index contributed by atoms with van der Waals surface area (Å²) in [6.07, 6.45) is 1.84. The van der Waals surface area contributed by atoms with Crippen molar-refractivity contribution in [3.63, 3.8) is 0 Å². The van der Waals surface area contributed by atoms with Gasteiger partial charge >= 0.3 is 0 Å². The Morgan fingerprint density at radius 1 is 1.21 bits per heavy atom. The fourth-order valence-electron chi connectivity index (χ4n) is 2.38. The molecule has 6 heteroatoms. The maximum atomic E-state index is 11.1. The molecule has 2 rings (SSSR count). The summed E-state index contributed by atoms with van der Waals surface area (Å²) in [5.41, 5.74) is 1.74. The molecule has 24 heavy (non-hydrogen) atoms. The Hall–Kier alpha value is -2.27. The molecule has 0 aliphatic carbocycles. The highest BCUT2D eigenvalue weighted by atomic mass is 35.5. The fraction of sp³-hybridized carbons (Fsp3) is 0.333. The topological polar surface area (TPSA) is 55.6 Å². The lowest BCUT2D eigenvalue weighted by molar-refractivity contribution is -0.384. The Balaban J connectivity index is 2.32. The SMILES string of the molecule is CCCCOc1c(N(C)Cc2ccccc2)ccc([N+](=O)[O-])c1Cl. The predicted octanol–water partition coefficient (Wildman–Crippen LogP) is 5.06. The molecule has 0 amide bonds. The molecule has 0 bridgehead atoms. The lowest BCUT2D eigenvalue weighted by Gasteiger charge is -2.23. The summed E-state index contributed by atoms with van der Waals surface area (Å²) in [6.45, 7) is 3.18. The number of hydrogen-bond acceptors (Lipinski definition) is 4. The summed E-state index contributed by atoms with van der Waals surface area (Å²) in [6, 6.07) is 13.1. The van der Waals surface area contributed by atoms with Crippen molar-refractivity contribution >= 4 is 23.0 Å². The Bertz CT molecular complexity index is 692. The minimum absolute atomic E-state index is 0.0496. The van der Waals surface area contributed by atoms with E-state index in [2.05, 4.69) is 6.92 Å². The molecule has 0 aromatic heterocycles. The molecule has 128 valence electrons. The van der Waals surface area contributed by atoms with Gasteiger partial charge in [0, 0.05) is 19.7 Å². The number of hydrogen-bond donors (Lipinski definition) is 0. The van der Waals surface area contributed by atoms with E-state index >= 15 is 0 Å². The molecule has 2 aromatic carbocycles. The van der Waals surface area contributed by atoms with Crippen molar-refractivity contribution in [2.45, 2.75) is 26.3 Å². The molecule has 0 heterocycles. The summed E-state index contributed by atoms with van der Waals surface area (Å²) in [4.78, 5) is 12.6. The number of anilines is 1. The van der Waals surface area contributed by atoms with Crippen LogP contribution in [0.2, 0.25) is 5.02 Å². The highest BCUT2D eigenvalue weighted by molar-refractivity contribution is 6.34. The molecule has 0 saturated heterocycles. The third-order valence-electron chi connectivity index (χ3n) is 3.67. The van der Waals surface area contributed by atoms with Gasteiger partial charge in [0.1, 0.15) is 0 Å². The van der Waals surface area contributed by atoms with Crippen molar-refractivity contribution in [3.8, 4) is 5.75 Å². The van der Waals surface area contributed by atoms with Crippen LogP contribution in [-0.4, -0.2) is 18.6 Å². The van der Waals surface area contributed by atoms with Gasteiger partial charge in [-0.15, -0.1) is 0 Å². The van der Waals surface area contributed by atoms with Crippen LogP contribution in [0.5, 0.6) is 5.75 Å². The van der Waals surface area contributed by atoms with Gasteiger partial charge < -0.3 is 9.64 Å². The first-order valence-electron chi connectivity index (χ1n) is 7.89. The van der Waals surface area contributed by atoms with E-state index in [1.807, 2.05) is 42.3 Å². The molecule has 5 nitrogen and oxygen atoms in total. The fourth-order valence-corrected chi connectivity index (χ4v) is 2.66. The summed E-state index contributed by atoms with van der Waals surface area (Å²) < 4.78 is 5.78. The molecule has 0 fully saturated rings. The molecule has 0 atom stereocenters. The van der Waals surface area contributed by atoms with Crippen LogP contribution in [0, 0.1) is 10.1 Å². The van der Waals surface area contributed by atoms with Crippen molar-refractivity contribution in [2.24, 2.45) is 0 Å². The van der Waals surface area contributed by atoms with Crippen LogP contribution in [0.4, 0.5) is 11.4 Å². The van der Waals surface area contributed by atoms with E-state index in [-0.39, 0.29) is 10.7 Å². The van der Waals surface area contributed by atoms with E-state index < -0.39 is 4.92 Å². The average molecular weight is 349 g/mol. The Morgan fingerprint density at radius 3 is 2.54 bits per heavy atom. The molecule has 0 N–H and O–H groups in total. The molecule has 0 aliphatic heterocycles. The predicted molar refractivity (Wildman–Crippen MR) is 97.1 cm³/mol. The smallest absolute Gasteiger partial charge is 0.291 e. The largest absolute Gasteiger partial charge is 0.490 e. The second-order valence-corrected chi connectivity index (χ2v) is 5.93. The van der Waals surface area contributed by atoms with Crippen molar-refractivity contribution in [1.82, 2.24) is 0 Å². The van der Waals surface area contributed by atoms with Crippen LogP contribution in [0.3, 0.4) is 0 Å². The minimum Gasteiger partial charge on any atom is -0.490 e. The molecular formula is C18H21ClN2O3. The van der Waals surface area contributed by atoms with E-state index in [0.29, 0.717) is 18.9 Å². The van der Waals surface area contributed by atoms with Gasteiger partial charge in [0.2, 0.25) is 0 Å². The first-order chi connectivity index (χ1) is 11.5. The monoisotopic (exact) mass is 348 g/mol. The second-order valence-electron chi connectivity index (χ2n) is 5.55. The van der Waals surface area contributed by atoms with Gasteiger partial charge in [-0.25, -0.2) is 0 Å². The van der Waals surface area contributed by atoms with Gasteiger partial charge in [0.15, 0.2) is 10.8 Å². The quantitative estimate of drug-likeness (QED) is 0.380. The van der Waals surface area contributed by atoms with E-state index in [1.165, 1.54) is 6.07 Å². The zero-order chi connectivity index (χ0) is 17.5. The van der Waals surface area contributed by atoms with E-state index in [9.17, 15) is 10.1 Å². The van der Waals surface area contributed by atoms with Crippen LogP contribution in [0.15, 0.2) is 42.5 Å². The number of nitro benzene ring substituents is 1. The molecule has 0 radical (unpaired) electrons. The highest BCUT2D eigenvalue weighted by Gasteiger charge is 2.22. The third-order valence-corrected chi connectivity index (χ3v) is 4.04. The first kappa shape index (κ1) is 18.1. The van der Waals surface area contributed by atoms with Gasteiger partial charge in [-0.1, -0.05) is 55.3 Å². The number of halogens is 1. The lowest BCUT2D eigenvalue weighted by atomic mass is 10.2. The van der Waals surface area contributed by atoms with Crippen LogP contribution < -0.4 is 9.64 Å². The average Bonchev–Trinajstić information content (AvgIpc) is 2.56. The van der Waals surface area contributed by atoms with E-state index in [1.54, 1.807) is 6.07 Å². The normalized spacial score (nSPS) is 10.5. The molecule has 2 aromatic rings. The van der Waals surface area contributed by atoms with Crippen molar-refractivity contribution in [3.05, 3.63) is 63.2 Å². The summed E-state index contributed by atoms with van der Waals surface area (Å²) in [7, 11) is 1.91. The number of ether oxygens (including phenoxy) is 1. The van der Waals surface area contributed by atoms with E-state index in [0.717, 1.165) is 24.1 Å². The number of unbranched alkanes of at least 4 members (excludes halogenated alkanes) is 1. The first-order valence-corrected chi connectivity index (χ1v) is 8.27. The standard InChI is InChI=1S/C18H21ClN2O3/c1-3-4-12-24-18-16(11-10-15(17(18)19)21(22)23)20(2)13-14-8-6-5-7-9-14/h5-11H,3-4,12-13H2,1-2H3. The molecule has 0 unspecified atom stereocenters. The van der Waals surface area contributed by atoms with Gasteiger partial charge in [-0.2, -0.15) is 0 Å². The maximum absolute atomic E-state index is 11.1. The number of benzene rings is 2. The Kier molecular flexibility index (Phi) is 6.44. The summed E-state index contributed by atoms with van der Waals surface area (Å²) in [5.74, 6) is 0.373. The minimum atomic E-state index is -0.490. The summed E-state index contributed by atoms with van der Waals surface area (Å²) in [5, 5.41) is 11.2. The van der Waals surface area contributed by atoms with Crippen molar-refractivity contribution < 1.29 is 9.66 Å². The zero-order valence-electron chi connectivity index (χ0n) is 13.9. The lowest BCUT2D eigenvalue weighted by Crippen LogP contribution is -2.18. The Labute approximate surface area is 147 Å². The third kappa shape index (κ3) is 4.38. The van der Waals surface area contributed by atoms with Crippen LogP contribution >= 0.6 is 11.6 Å². The number of nitrogens with zero attached hydrogens (tertiary/aromatic N) is 2. The van der Waals surface area contributed by atoms with Crippen LogP contribution in [0.25, 0.3) is 0 Å². The van der Waals surface area contributed by atoms with Gasteiger partial charge in [-0.3, -0.25) is 10.1 Å².